The molecule has 0 spiro atoms. The minimum Gasteiger partial charge on any atom is -0.318 e. The summed E-state index contributed by atoms with van der Waals surface area (Å²) in [4.78, 5) is 35.0. The summed E-state index contributed by atoms with van der Waals surface area (Å²) in [6, 6.07) is 6.65. The number of nitro groups is 1. The van der Waals surface area contributed by atoms with Gasteiger partial charge in [0.15, 0.2) is 0 Å². The zero-order valence-electron chi connectivity index (χ0n) is 9.92. The number of anilines is 1. The van der Waals surface area contributed by atoms with Gasteiger partial charge in [-0.1, -0.05) is 6.07 Å². The molecule has 0 saturated carbocycles. The van der Waals surface area contributed by atoms with E-state index in [1.165, 1.54) is 18.2 Å². The van der Waals surface area contributed by atoms with Crippen LogP contribution in [0.3, 0.4) is 0 Å². The van der Waals surface area contributed by atoms with Crippen molar-refractivity contribution in [2.45, 2.75) is 0 Å². The molecule has 2 rings (SSSR count). The summed E-state index contributed by atoms with van der Waals surface area (Å²) < 4.78 is 13.5. The second kappa shape index (κ2) is 5.31. The Bertz CT molecular complexity index is 741. The summed E-state index contributed by atoms with van der Waals surface area (Å²) in [7, 11) is 0. The van der Waals surface area contributed by atoms with Crippen molar-refractivity contribution in [3.8, 4) is 0 Å². The molecule has 2 N–H and O–H groups in total. The lowest BCUT2D eigenvalue weighted by Crippen LogP contribution is -2.18. The molecule has 1 aromatic heterocycles. The van der Waals surface area contributed by atoms with Crippen molar-refractivity contribution in [1.29, 1.82) is 0 Å². The molecule has 8 heteroatoms. The maximum Gasteiger partial charge on any atom is 0.272 e. The van der Waals surface area contributed by atoms with Crippen LogP contribution in [0, 0.1) is 15.9 Å². The van der Waals surface area contributed by atoms with Gasteiger partial charge >= 0.3 is 0 Å². The van der Waals surface area contributed by atoms with Crippen LogP contribution in [0.4, 0.5) is 15.8 Å². The molecule has 0 saturated heterocycles. The Morgan fingerprint density at radius 3 is 2.70 bits per heavy atom. The van der Waals surface area contributed by atoms with Gasteiger partial charge in [-0.25, -0.2) is 4.39 Å². The van der Waals surface area contributed by atoms with Gasteiger partial charge in [-0.15, -0.1) is 0 Å². The zero-order valence-corrected chi connectivity index (χ0v) is 9.92. The molecule has 0 atom stereocenters. The molecule has 1 heterocycles. The summed E-state index contributed by atoms with van der Waals surface area (Å²) in [5.74, 6) is -1.59. The Morgan fingerprint density at radius 2 is 2.05 bits per heavy atom. The van der Waals surface area contributed by atoms with Crippen molar-refractivity contribution in [2.75, 3.05) is 5.32 Å². The molecule has 2 aromatic rings. The Labute approximate surface area is 111 Å². The van der Waals surface area contributed by atoms with Gasteiger partial charge < -0.3 is 10.3 Å². The summed E-state index contributed by atoms with van der Waals surface area (Å²) in [6.07, 6.45) is 0. The van der Waals surface area contributed by atoms with E-state index in [4.69, 9.17) is 0 Å². The first-order valence-electron chi connectivity index (χ1n) is 5.42. The molecular weight excluding hydrogens is 269 g/mol. The first-order chi connectivity index (χ1) is 9.47. The first kappa shape index (κ1) is 13.4. The summed E-state index contributed by atoms with van der Waals surface area (Å²) in [5, 5.41) is 12.7. The molecule has 0 radical (unpaired) electrons. The number of non-ortho nitro benzene ring substituents is 1. The summed E-state index contributed by atoms with van der Waals surface area (Å²) in [5.41, 5.74) is -1.27. The fraction of sp³-hybridized carbons (Fsp3) is 0. The molecule has 20 heavy (non-hydrogen) atoms. The quantitative estimate of drug-likeness (QED) is 0.657. The van der Waals surface area contributed by atoms with Crippen molar-refractivity contribution >= 4 is 17.3 Å². The lowest BCUT2D eigenvalue weighted by Gasteiger charge is -2.06. The lowest BCUT2D eigenvalue weighted by atomic mass is 10.2. The van der Waals surface area contributed by atoms with Crippen LogP contribution in [-0.2, 0) is 0 Å². The predicted octanol–water partition coefficient (Wildman–Crippen LogP) is 1.67. The first-order valence-corrected chi connectivity index (χ1v) is 5.42. The van der Waals surface area contributed by atoms with E-state index < -0.39 is 22.2 Å². The second-order valence-electron chi connectivity index (χ2n) is 3.80. The highest BCUT2D eigenvalue weighted by atomic mass is 19.1. The van der Waals surface area contributed by atoms with E-state index in [0.717, 1.165) is 18.2 Å². The molecule has 7 nitrogen and oxygen atoms in total. The lowest BCUT2D eigenvalue weighted by molar-refractivity contribution is -0.384. The summed E-state index contributed by atoms with van der Waals surface area (Å²) in [6.45, 7) is 0. The van der Waals surface area contributed by atoms with Gasteiger partial charge in [0.1, 0.15) is 11.5 Å². The van der Waals surface area contributed by atoms with Gasteiger partial charge in [0.2, 0.25) is 5.56 Å². The monoisotopic (exact) mass is 277 g/mol. The molecule has 1 aromatic carbocycles. The number of carbonyl (C=O) groups is 1. The molecule has 0 aliphatic heterocycles. The van der Waals surface area contributed by atoms with Crippen LogP contribution < -0.4 is 10.9 Å². The van der Waals surface area contributed by atoms with E-state index >= 15 is 0 Å². The number of hydrogen-bond acceptors (Lipinski definition) is 4. The predicted molar refractivity (Wildman–Crippen MR) is 68.1 cm³/mol. The second-order valence-corrected chi connectivity index (χ2v) is 3.80. The Kier molecular flexibility index (Phi) is 3.56. The third-order valence-corrected chi connectivity index (χ3v) is 2.42. The zero-order chi connectivity index (χ0) is 14.7. The van der Waals surface area contributed by atoms with Crippen LogP contribution in [0.2, 0.25) is 0 Å². The van der Waals surface area contributed by atoms with Crippen molar-refractivity contribution in [3.05, 3.63) is 68.4 Å². The van der Waals surface area contributed by atoms with Gasteiger partial charge in [-0.2, -0.15) is 0 Å². The molecule has 0 aliphatic rings. The topological polar surface area (TPSA) is 105 Å². The van der Waals surface area contributed by atoms with Gasteiger partial charge in [0, 0.05) is 18.2 Å². The smallest absolute Gasteiger partial charge is 0.272 e. The largest absolute Gasteiger partial charge is 0.318 e. The fourth-order valence-electron chi connectivity index (χ4n) is 1.49. The highest BCUT2D eigenvalue weighted by Crippen LogP contribution is 2.21. The van der Waals surface area contributed by atoms with Gasteiger partial charge in [-0.05, 0) is 12.1 Å². The normalized spacial score (nSPS) is 10.1. The van der Waals surface area contributed by atoms with Crippen LogP contribution >= 0.6 is 0 Å². The van der Waals surface area contributed by atoms with Crippen LogP contribution in [-0.4, -0.2) is 15.8 Å². The molecule has 0 fully saturated rings. The number of hydrogen-bond donors (Lipinski definition) is 2. The van der Waals surface area contributed by atoms with Crippen LogP contribution in [0.5, 0.6) is 0 Å². The number of aromatic amines is 1. The Hall–Kier alpha value is -3.03. The number of halogens is 1. The van der Waals surface area contributed by atoms with E-state index in [1.54, 1.807) is 0 Å². The van der Waals surface area contributed by atoms with Crippen LogP contribution in [0.25, 0.3) is 0 Å². The van der Waals surface area contributed by atoms with Crippen molar-refractivity contribution < 1.29 is 14.1 Å². The number of amides is 1. The maximum atomic E-state index is 13.5. The van der Waals surface area contributed by atoms with Crippen LogP contribution in [0.1, 0.15) is 10.5 Å². The average Bonchev–Trinajstić information content (AvgIpc) is 2.41. The molecule has 102 valence electrons. The highest BCUT2D eigenvalue weighted by molar-refractivity contribution is 6.03. The molecule has 0 aliphatic carbocycles. The minimum atomic E-state index is -0.817. The molecule has 0 unspecified atom stereocenters. The van der Waals surface area contributed by atoms with Gasteiger partial charge in [0.25, 0.3) is 11.6 Å². The van der Waals surface area contributed by atoms with E-state index in [2.05, 4.69) is 10.3 Å². The molecular formula is C12H8FN3O4. The minimum absolute atomic E-state index is 0.0802. The number of rotatable bonds is 3. The van der Waals surface area contributed by atoms with Crippen molar-refractivity contribution in [2.24, 2.45) is 0 Å². The number of nitrogens with one attached hydrogen (secondary N) is 2. The van der Waals surface area contributed by atoms with E-state index in [1.807, 2.05) is 0 Å². The third kappa shape index (κ3) is 2.86. The van der Waals surface area contributed by atoms with E-state index in [0.29, 0.717) is 0 Å². The Morgan fingerprint density at radius 1 is 1.30 bits per heavy atom. The van der Waals surface area contributed by atoms with Gasteiger partial charge in [0.05, 0.1) is 10.6 Å². The fourth-order valence-corrected chi connectivity index (χ4v) is 1.49. The third-order valence-electron chi connectivity index (χ3n) is 2.42. The van der Waals surface area contributed by atoms with Crippen molar-refractivity contribution in [1.82, 2.24) is 4.98 Å². The molecule has 0 bridgehead atoms. The highest BCUT2D eigenvalue weighted by Gasteiger charge is 2.14. The SMILES string of the molecule is O=C(Nc1cc([N+](=O)[O-])ccc1F)c1cccc(=O)[nH]1. The van der Waals surface area contributed by atoms with Crippen molar-refractivity contribution in [3.63, 3.8) is 0 Å². The van der Waals surface area contributed by atoms with Gasteiger partial charge in [-0.3, -0.25) is 19.7 Å². The maximum absolute atomic E-state index is 13.5. The van der Waals surface area contributed by atoms with Crippen LogP contribution in [0.15, 0.2) is 41.2 Å². The number of nitrogens with zero attached hydrogens (tertiary/aromatic N) is 1. The number of carbonyl (C=O) groups excluding carboxylic acids is 1. The standard InChI is InChI=1S/C12H8FN3O4/c13-8-5-4-7(16(19)20)6-10(8)15-12(18)9-2-1-3-11(17)14-9/h1-6H,(H,14,17)(H,15,18). The number of nitro benzene ring substituents is 1. The molecule has 1 amide bonds. The Balaban J connectivity index is 2.30. The van der Waals surface area contributed by atoms with E-state index in [-0.39, 0.29) is 17.1 Å². The number of pyridine rings is 1. The number of benzene rings is 1. The number of aromatic nitrogens is 1. The summed E-state index contributed by atoms with van der Waals surface area (Å²) >= 11 is 0. The number of H-pyrrole nitrogens is 1. The van der Waals surface area contributed by atoms with E-state index in [9.17, 15) is 24.1 Å². The average molecular weight is 277 g/mol.